The topological polar surface area (TPSA) is 15.3 Å². The van der Waals surface area contributed by atoms with E-state index in [9.17, 15) is 0 Å². The molecule has 13 heavy (non-hydrogen) atoms. The summed E-state index contributed by atoms with van der Waals surface area (Å²) in [7, 11) is 4.16. The lowest BCUT2D eigenvalue weighted by molar-refractivity contribution is 0.402. The minimum absolute atomic E-state index is 0.990. The standard InChI is InChI=1S/C10H16N2S/c1-12(2)8-9-5-4-6-10(7-9)11-13-3/h4-7,11H,8H2,1-3H3. The van der Waals surface area contributed by atoms with Gasteiger partial charge < -0.3 is 9.62 Å². The van der Waals surface area contributed by atoms with Crippen molar-refractivity contribution in [1.82, 2.24) is 4.90 Å². The van der Waals surface area contributed by atoms with Crippen LogP contribution < -0.4 is 4.72 Å². The van der Waals surface area contributed by atoms with Crippen LogP contribution in [0.2, 0.25) is 0 Å². The van der Waals surface area contributed by atoms with Gasteiger partial charge in [0.15, 0.2) is 0 Å². The van der Waals surface area contributed by atoms with Crippen LogP contribution in [0.25, 0.3) is 0 Å². The van der Waals surface area contributed by atoms with Crippen molar-refractivity contribution in [3.05, 3.63) is 29.8 Å². The highest BCUT2D eigenvalue weighted by atomic mass is 32.2. The summed E-state index contributed by atoms with van der Waals surface area (Å²) in [5.41, 5.74) is 2.51. The predicted molar refractivity (Wildman–Crippen MR) is 61.0 cm³/mol. The smallest absolute Gasteiger partial charge is 0.0443 e. The molecule has 0 aliphatic heterocycles. The number of nitrogens with zero attached hydrogens (tertiary/aromatic N) is 1. The second-order valence-electron chi connectivity index (χ2n) is 3.24. The van der Waals surface area contributed by atoms with Crippen molar-refractivity contribution in [3.8, 4) is 0 Å². The number of hydrogen-bond donors (Lipinski definition) is 1. The van der Waals surface area contributed by atoms with E-state index < -0.39 is 0 Å². The molecule has 0 atom stereocenters. The van der Waals surface area contributed by atoms with Gasteiger partial charge in [0.05, 0.1) is 0 Å². The van der Waals surface area contributed by atoms with Crippen LogP contribution in [0, 0.1) is 0 Å². The Morgan fingerprint density at radius 2 is 2.15 bits per heavy atom. The minimum atomic E-state index is 0.990. The summed E-state index contributed by atoms with van der Waals surface area (Å²) < 4.78 is 3.22. The van der Waals surface area contributed by atoms with Gasteiger partial charge in [-0.05, 0) is 31.8 Å². The first kappa shape index (κ1) is 10.4. The molecule has 0 saturated carbocycles. The molecule has 0 radical (unpaired) electrons. The summed E-state index contributed by atoms with van der Waals surface area (Å²) >= 11 is 1.62. The third kappa shape index (κ3) is 3.70. The van der Waals surface area contributed by atoms with Crippen LogP contribution in [0.1, 0.15) is 5.56 Å². The maximum absolute atomic E-state index is 3.22. The van der Waals surface area contributed by atoms with E-state index >= 15 is 0 Å². The Kier molecular flexibility index (Phi) is 4.12. The lowest BCUT2D eigenvalue weighted by Crippen LogP contribution is -2.10. The van der Waals surface area contributed by atoms with Crippen molar-refractivity contribution in [1.29, 1.82) is 0 Å². The summed E-state index contributed by atoms with van der Waals surface area (Å²) in [5, 5.41) is 0. The van der Waals surface area contributed by atoms with Crippen molar-refractivity contribution in [2.75, 3.05) is 25.1 Å². The monoisotopic (exact) mass is 196 g/mol. The second-order valence-corrected chi connectivity index (χ2v) is 3.86. The van der Waals surface area contributed by atoms with E-state index in [0.717, 1.165) is 6.54 Å². The first-order valence-corrected chi connectivity index (χ1v) is 5.47. The molecule has 0 aliphatic rings. The maximum atomic E-state index is 3.22. The van der Waals surface area contributed by atoms with Crippen LogP contribution in [-0.4, -0.2) is 25.3 Å². The van der Waals surface area contributed by atoms with Crippen molar-refractivity contribution in [3.63, 3.8) is 0 Å². The van der Waals surface area contributed by atoms with E-state index in [2.05, 4.69) is 48.0 Å². The zero-order valence-corrected chi connectivity index (χ0v) is 9.19. The van der Waals surface area contributed by atoms with Gasteiger partial charge in [0.2, 0.25) is 0 Å². The molecular formula is C10H16N2S. The highest BCUT2D eigenvalue weighted by Crippen LogP contribution is 2.14. The van der Waals surface area contributed by atoms with Crippen molar-refractivity contribution >= 4 is 17.6 Å². The summed E-state index contributed by atoms with van der Waals surface area (Å²) in [6.07, 6.45) is 2.03. The molecular weight excluding hydrogens is 180 g/mol. The predicted octanol–water partition coefficient (Wildman–Crippen LogP) is 2.44. The van der Waals surface area contributed by atoms with Crippen LogP contribution in [0.4, 0.5) is 5.69 Å². The molecule has 2 nitrogen and oxygen atoms in total. The Morgan fingerprint density at radius 1 is 1.38 bits per heavy atom. The van der Waals surface area contributed by atoms with E-state index in [1.54, 1.807) is 11.9 Å². The molecule has 1 aromatic carbocycles. The number of hydrogen-bond acceptors (Lipinski definition) is 3. The zero-order valence-electron chi connectivity index (χ0n) is 8.37. The Labute approximate surface area is 84.5 Å². The highest BCUT2D eigenvalue weighted by Gasteiger charge is 1.96. The number of anilines is 1. The number of rotatable bonds is 4. The molecule has 0 amide bonds. The highest BCUT2D eigenvalue weighted by molar-refractivity contribution is 7.99. The summed E-state index contributed by atoms with van der Waals surface area (Å²) in [4.78, 5) is 2.16. The quantitative estimate of drug-likeness (QED) is 0.745. The number of nitrogens with one attached hydrogen (secondary N) is 1. The molecule has 1 aromatic rings. The average Bonchev–Trinajstić information content (AvgIpc) is 2.04. The van der Waals surface area contributed by atoms with Crippen LogP contribution in [0.3, 0.4) is 0 Å². The fourth-order valence-corrected chi connectivity index (χ4v) is 1.58. The summed E-state index contributed by atoms with van der Waals surface area (Å²) in [6.45, 7) is 0.990. The Morgan fingerprint density at radius 3 is 2.77 bits per heavy atom. The maximum Gasteiger partial charge on any atom is 0.0443 e. The molecule has 0 aromatic heterocycles. The van der Waals surface area contributed by atoms with Crippen molar-refractivity contribution in [2.45, 2.75) is 6.54 Å². The third-order valence-electron chi connectivity index (χ3n) is 1.65. The van der Waals surface area contributed by atoms with Crippen molar-refractivity contribution < 1.29 is 0 Å². The normalized spacial score (nSPS) is 10.5. The summed E-state index contributed by atoms with van der Waals surface area (Å²) in [6, 6.07) is 8.48. The molecule has 0 bridgehead atoms. The van der Waals surface area contributed by atoms with Crippen LogP contribution in [0.15, 0.2) is 24.3 Å². The van der Waals surface area contributed by atoms with E-state index in [4.69, 9.17) is 0 Å². The zero-order chi connectivity index (χ0) is 9.68. The largest absolute Gasteiger partial charge is 0.330 e. The fraction of sp³-hybridized carbons (Fsp3) is 0.400. The average molecular weight is 196 g/mol. The molecule has 0 unspecified atom stereocenters. The Bertz CT molecular complexity index is 261. The molecule has 0 fully saturated rings. The lowest BCUT2D eigenvalue weighted by atomic mass is 10.2. The van der Waals surface area contributed by atoms with Gasteiger partial charge in [-0.25, -0.2) is 0 Å². The van der Waals surface area contributed by atoms with Crippen LogP contribution in [-0.2, 0) is 6.54 Å². The SMILES string of the molecule is CSNc1cccc(CN(C)C)c1. The van der Waals surface area contributed by atoms with Gasteiger partial charge in [-0.2, -0.15) is 0 Å². The van der Waals surface area contributed by atoms with Gasteiger partial charge >= 0.3 is 0 Å². The lowest BCUT2D eigenvalue weighted by Gasteiger charge is -2.10. The first-order chi connectivity index (χ1) is 6.22. The van der Waals surface area contributed by atoms with Gasteiger partial charge in [0.25, 0.3) is 0 Å². The summed E-state index contributed by atoms with van der Waals surface area (Å²) in [5.74, 6) is 0. The number of benzene rings is 1. The molecule has 1 rings (SSSR count). The van der Waals surface area contributed by atoms with Gasteiger partial charge in [-0.15, -0.1) is 0 Å². The van der Waals surface area contributed by atoms with Gasteiger partial charge in [0, 0.05) is 18.5 Å². The fourth-order valence-electron chi connectivity index (χ4n) is 1.22. The van der Waals surface area contributed by atoms with Gasteiger partial charge in [-0.3, -0.25) is 0 Å². The van der Waals surface area contributed by atoms with Gasteiger partial charge in [0.1, 0.15) is 0 Å². The van der Waals surface area contributed by atoms with E-state index in [1.165, 1.54) is 11.3 Å². The van der Waals surface area contributed by atoms with E-state index in [-0.39, 0.29) is 0 Å². The Balaban J connectivity index is 2.67. The van der Waals surface area contributed by atoms with Gasteiger partial charge in [-0.1, -0.05) is 24.1 Å². The molecule has 72 valence electrons. The Hall–Kier alpha value is -0.670. The molecule has 0 saturated heterocycles. The van der Waals surface area contributed by atoms with E-state index in [0.29, 0.717) is 0 Å². The molecule has 0 aliphatic carbocycles. The van der Waals surface area contributed by atoms with Crippen molar-refractivity contribution in [2.24, 2.45) is 0 Å². The molecule has 1 N–H and O–H groups in total. The van der Waals surface area contributed by atoms with Crippen LogP contribution >= 0.6 is 11.9 Å². The van der Waals surface area contributed by atoms with Crippen LogP contribution in [0.5, 0.6) is 0 Å². The molecule has 3 heteroatoms. The second kappa shape index (κ2) is 5.14. The molecule has 0 heterocycles. The first-order valence-electron chi connectivity index (χ1n) is 4.25. The molecule has 0 spiro atoms. The van der Waals surface area contributed by atoms with E-state index in [1.807, 2.05) is 6.26 Å². The third-order valence-corrected chi connectivity index (χ3v) is 2.09. The minimum Gasteiger partial charge on any atom is -0.330 e.